The number of hydrogen-bond donors (Lipinski definition) is 0. The molecule has 0 aliphatic heterocycles. The highest BCUT2D eigenvalue weighted by atomic mass is 35.5. The Hall–Kier alpha value is -1.68. The lowest BCUT2D eigenvalue weighted by atomic mass is 10.3. The molecule has 1 aromatic carbocycles. The van der Waals surface area contributed by atoms with Crippen LogP contribution in [0.25, 0.3) is 0 Å². The molecule has 0 saturated heterocycles. The highest BCUT2D eigenvalue weighted by Crippen LogP contribution is 2.32. The van der Waals surface area contributed by atoms with E-state index in [0.717, 1.165) is 10.9 Å². The maximum absolute atomic E-state index is 12.9. The Morgan fingerprint density at radius 2 is 2.04 bits per heavy atom. The summed E-state index contributed by atoms with van der Waals surface area (Å²) in [5.41, 5.74) is -0.315. The van der Waals surface area contributed by atoms with Crippen LogP contribution in [0.3, 0.4) is 0 Å². The zero-order valence-electron chi connectivity index (χ0n) is 12.9. The Bertz CT molecular complexity index is 851. The molecule has 24 heavy (non-hydrogen) atoms. The molecule has 2 aromatic rings. The lowest BCUT2D eigenvalue weighted by molar-refractivity contribution is -0.385. The van der Waals surface area contributed by atoms with Crippen molar-refractivity contribution in [3.63, 3.8) is 0 Å². The molecule has 0 spiro atoms. The van der Waals surface area contributed by atoms with Crippen molar-refractivity contribution in [2.45, 2.75) is 18.4 Å². The van der Waals surface area contributed by atoms with Gasteiger partial charge in [-0.1, -0.05) is 18.5 Å². The number of hydrogen-bond acceptors (Lipinski definition) is 6. The van der Waals surface area contributed by atoms with Crippen molar-refractivity contribution in [1.29, 1.82) is 0 Å². The lowest BCUT2D eigenvalue weighted by Gasteiger charge is -2.21. The van der Waals surface area contributed by atoms with E-state index in [1.165, 1.54) is 34.9 Å². The van der Waals surface area contributed by atoms with E-state index in [1.807, 2.05) is 0 Å². The van der Waals surface area contributed by atoms with Gasteiger partial charge in [0, 0.05) is 30.1 Å². The standard InChI is InChI=1S/C14H15ClN2O5S2/c1-3-16(9-11-5-7-14(15)23-11)24(20,21)13-8-10(17(18)19)4-6-12(13)22-2/h4-8H,3,9H2,1-2H3. The van der Waals surface area contributed by atoms with Crippen LogP contribution in [0.5, 0.6) is 5.75 Å². The topological polar surface area (TPSA) is 89.8 Å². The predicted molar refractivity (Wildman–Crippen MR) is 92.2 cm³/mol. The van der Waals surface area contributed by atoms with Crippen LogP contribution in [-0.4, -0.2) is 31.3 Å². The van der Waals surface area contributed by atoms with Crippen molar-refractivity contribution >= 4 is 38.6 Å². The molecule has 130 valence electrons. The fourth-order valence-corrected chi connectivity index (χ4v) is 4.88. The molecule has 0 fully saturated rings. The van der Waals surface area contributed by atoms with Gasteiger partial charge >= 0.3 is 0 Å². The van der Waals surface area contributed by atoms with Gasteiger partial charge in [-0.3, -0.25) is 10.1 Å². The lowest BCUT2D eigenvalue weighted by Crippen LogP contribution is -2.30. The minimum absolute atomic E-state index is 0.0586. The third-order valence-electron chi connectivity index (χ3n) is 3.29. The molecule has 0 aliphatic rings. The number of ether oxygens (including phenoxy) is 1. The molecule has 0 amide bonds. The van der Waals surface area contributed by atoms with Gasteiger partial charge < -0.3 is 4.74 Å². The van der Waals surface area contributed by atoms with Gasteiger partial charge in [-0.05, 0) is 18.2 Å². The Kier molecular flexibility index (Phi) is 5.81. The van der Waals surface area contributed by atoms with E-state index in [2.05, 4.69) is 0 Å². The molecule has 0 unspecified atom stereocenters. The van der Waals surface area contributed by atoms with E-state index < -0.39 is 14.9 Å². The summed E-state index contributed by atoms with van der Waals surface area (Å²) >= 11 is 7.16. The average molecular weight is 391 g/mol. The van der Waals surface area contributed by atoms with Gasteiger partial charge in [0.25, 0.3) is 5.69 Å². The predicted octanol–water partition coefficient (Wildman–Crippen LogP) is 3.53. The van der Waals surface area contributed by atoms with Crippen molar-refractivity contribution in [2.24, 2.45) is 0 Å². The number of nitro benzene ring substituents is 1. The second-order valence-corrected chi connectivity index (χ2v) is 8.44. The Labute approximate surface area is 148 Å². The number of nitro groups is 1. The maximum Gasteiger partial charge on any atom is 0.271 e. The number of thiophene rings is 1. The van der Waals surface area contributed by atoms with Gasteiger partial charge in [-0.2, -0.15) is 4.31 Å². The summed E-state index contributed by atoms with van der Waals surface area (Å²) in [6.45, 7) is 2.02. The van der Waals surface area contributed by atoms with E-state index in [0.29, 0.717) is 4.34 Å². The largest absolute Gasteiger partial charge is 0.495 e. The molecule has 1 heterocycles. The van der Waals surface area contributed by atoms with Crippen LogP contribution in [0, 0.1) is 10.1 Å². The van der Waals surface area contributed by atoms with Crippen molar-refractivity contribution in [3.8, 4) is 5.75 Å². The zero-order chi connectivity index (χ0) is 17.9. The number of non-ortho nitro benzene ring substituents is 1. The summed E-state index contributed by atoms with van der Waals surface area (Å²) in [4.78, 5) is 10.9. The van der Waals surface area contributed by atoms with Crippen molar-refractivity contribution < 1.29 is 18.1 Å². The first-order chi connectivity index (χ1) is 11.3. The maximum atomic E-state index is 12.9. The molecule has 0 bridgehead atoms. The van der Waals surface area contributed by atoms with E-state index in [4.69, 9.17) is 16.3 Å². The summed E-state index contributed by atoms with van der Waals surface area (Å²) < 4.78 is 32.7. The highest BCUT2D eigenvalue weighted by Gasteiger charge is 2.29. The fraction of sp³-hybridized carbons (Fsp3) is 0.286. The minimum Gasteiger partial charge on any atom is -0.495 e. The second-order valence-electron chi connectivity index (χ2n) is 4.73. The summed E-state index contributed by atoms with van der Waals surface area (Å²) in [5, 5.41) is 11.0. The molecular formula is C14H15ClN2O5S2. The first kappa shape index (κ1) is 18.7. The SMILES string of the molecule is CCN(Cc1ccc(Cl)s1)S(=O)(=O)c1cc([N+](=O)[O-])ccc1OC. The molecule has 7 nitrogen and oxygen atoms in total. The summed E-state index contributed by atoms with van der Waals surface area (Å²) in [6.07, 6.45) is 0. The van der Waals surface area contributed by atoms with Crippen LogP contribution in [0.2, 0.25) is 4.34 Å². The van der Waals surface area contributed by atoms with Gasteiger partial charge in [0.2, 0.25) is 10.0 Å². The molecule has 10 heteroatoms. The normalized spacial score (nSPS) is 11.7. The molecule has 0 radical (unpaired) electrons. The van der Waals surface area contributed by atoms with Gasteiger partial charge in [-0.15, -0.1) is 11.3 Å². The van der Waals surface area contributed by atoms with Crippen molar-refractivity contribution in [3.05, 3.63) is 49.7 Å². The number of sulfonamides is 1. The molecule has 1 aromatic heterocycles. The molecule has 0 saturated carbocycles. The van der Waals surface area contributed by atoms with Gasteiger partial charge in [0.15, 0.2) is 0 Å². The van der Waals surface area contributed by atoms with E-state index in [1.54, 1.807) is 19.1 Å². The smallest absolute Gasteiger partial charge is 0.271 e. The van der Waals surface area contributed by atoms with Crippen molar-refractivity contribution in [2.75, 3.05) is 13.7 Å². The number of methoxy groups -OCH3 is 1. The Morgan fingerprint density at radius 1 is 1.33 bits per heavy atom. The minimum atomic E-state index is -3.97. The molecule has 0 N–H and O–H groups in total. The zero-order valence-corrected chi connectivity index (χ0v) is 15.3. The van der Waals surface area contributed by atoms with E-state index in [9.17, 15) is 18.5 Å². The molecular weight excluding hydrogens is 376 g/mol. The molecule has 0 atom stereocenters. The number of halogens is 1. The first-order valence-electron chi connectivity index (χ1n) is 6.86. The summed E-state index contributed by atoms with van der Waals surface area (Å²) in [7, 11) is -2.66. The molecule has 0 aliphatic carbocycles. The van der Waals surface area contributed by atoms with E-state index in [-0.39, 0.29) is 29.4 Å². The Balaban J connectivity index is 2.46. The van der Waals surface area contributed by atoms with Crippen LogP contribution >= 0.6 is 22.9 Å². The van der Waals surface area contributed by atoms with Gasteiger partial charge in [0.05, 0.1) is 16.4 Å². The third kappa shape index (κ3) is 3.86. The average Bonchev–Trinajstić information content (AvgIpc) is 2.96. The highest BCUT2D eigenvalue weighted by molar-refractivity contribution is 7.89. The van der Waals surface area contributed by atoms with Crippen LogP contribution < -0.4 is 4.74 Å². The quantitative estimate of drug-likeness (QED) is 0.532. The monoisotopic (exact) mass is 390 g/mol. The summed E-state index contributed by atoms with van der Waals surface area (Å²) in [6, 6.07) is 6.93. The number of benzene rings is 1. The number of nitrogens with zero attached hydrogens (tertiary/aromatic N) is 2. The fourth-order valence-electron chi connectivity index (χ4n) is 2.10. The van der Waals surface area contributed by atoms with Gasteiger partial charge in [0.1, 0.15) is 10.6 Å². The third-order valence-corrected chi connectivity index (χ3v) is 6.45. The first-order valence-corrected chi connectivity index (χ1v) is 9.49. The van der Waals surface area contributed by atoms with Crippen LogP contribution in [0.15, 0.2) is 35.2 Å². The number of rotatable bonds is 7. The molecule has 2 rings (SSSR count). The van der Waals surface area contributed by atoms with Crippen LogP contribution in [0.4, 0.5) is 5.69 Å². The Morgan fingerprint density at radius 3 is 2.54 bits per heavy atom. The van der Waals surface area contributed by atoms with Crippen LogP contribution in [-0.2, 0) is 16.6 Å². The van der Waals surface area contributed by atoms with E-state index >= 15 is 0 Å². The van der Waals surface area contributed by atoms with Crippen LogP contribution in [0.1, 0.15) is 11.8 Å². The summed E-state index contributed by atoms with van der Waals surface area (Å²) in [5.74, 6) is 0.0586. The second kappa shape index (κ2) is 7.47. The van der Waals surface area contributed by atoms with Crippen molar-refractivity contribution in [1.82, 2.24) is 4.31 Å². The van der Waals surface area contributed by atoms with Gasteiger partial charge in [-0.25, -0.2) is 8.42 Å².